The molecule has 1 amide bonds. The van der Waals surface area contributed by atoms with Crippen LogP contribution < -0.4 is 10.6 Å². The van der Waals surface area contributed by atoms with E-state index in [1.807, 2.05) is 24.3 Å². The number of carbonyl (C=O) groups is 1. The molecule has 0 unspecified atom stereocenters. The van der Waals surface area contributed by atoms with Crippen LogP contribution in [0.15, 0.2) is 48.7 Å². The number of aromatic nitrogens is 1. The molecule has 0 saturated heterocycles. The molecular weight excluding hydrogens is 238 g/mol. The van der Waals surface area contributed by atoms with E-state index in [9.17, 15) is 4.79 Å². The predicted octanol–water partition coefficient (Wildman–Crippen LogP) is 1.73. The van der Waals surface area contributed by atoms with Crippen LogP contribution in [0.25, 0.3) is 0 Å². The van der Waals surface area contributed by atoms with Gasteiger partial charge in [0.05, 0.1) is 6.04 Å². The third kappa shape index (κ3) is 2.63. The highest BCUT2D eigenvalue weighted by Gasteiger charge is 2.23. The maximum absolute atomic E-state index is 12.2. The van der Waals surface area contributed by atoms with Crippen LogP contribution in [0.1, 0.15) is 11.1 Å². The smallest absolute Gasteiger partial charge is 0.243 e. The molecule has 2 N–H and O–H groups in total. The molecule has 0 saturated carbocycles. The molecule has 1 aliphatic heterocycles. The number of anilines is 1. The fourth-order valence-corrected chi connectivity index (χ4v) is 2.29. The lowest BCUT2D eigenvalue weighted by atomic mass is 9.95. The van der Waals surface area contributed by atoms with Gasteiger partial charge in [-0.05, 0) is 29.7 Å². The van der Waals surface area contributed by atoms with Crippen molar-refractivity contribution in [2.24, 2.45) is 0 Å². The van der Waals surface area contributed by atoms with Crippen LogP contribution in [-0.2, 0) is 17.8 Å². The average Bonchev–Trinajstić information content (AvgIpc) is 2.48. The second kappa shape index (κ2) is 5.20. The monoisotopic (exact) mass is 253 g/mol. The van der Waals surface area contributed by atoms with Gasteiger partial charge in [-0.15, -0.1) is 0 Å². The Bertz CT molecular complexity index is 583. The predicted molar refractivity (Wildman–Crippen MR) is 73.6 cm³/mol. The van der Waals surface area contributed by atoms with Crippen LogP contribution in [-0.4, -0.2) is 16.9 Å². The zero-order valence-corrected chi connectivity index (χ0v) is 10.5. The van der Waals surface area contributed by atoms with E-state index in [4.69, 9.17) is 0 Å². The number of carbonyl (C=O) groups excluding carboxylic acids is 1. The third-order valence-electron chi connectivity index (χ3n) is 3.31. The van der Waals surface area contributed by atoms with Crippen LogP contribution in [0.3, 0.4) is 0 Å². The van der Waals surface area contributed by atoms with E-state index in [0.29, 0.717) is 5.82 Å². The van der Waals surface area contributed by atoms with Gasteiger partial charge in [0.15, 0.2) is 0 Å². The number of hydrogen-bond donors (Lipinski definition) is 2. The minimum atomic E-state index is -0.197. The Kier molecular flexibility index (Phi) is 3.25. The number of hydrogen-bond acceptors (Lipinski definition) is 3. The van der Waals surface area contributed by atoms with Gasteiger partial charge in [-0.2, -0.15) is 0 Å². The number of nitrogens with zero attached hydrogens (tertiary/aromatic N) is 1. The molecule has 1 atom stereocenters. The van der Waals surface area contributed by atoms with Crippen molar-refractivity contribution < 1.29 is 4.79 Å². The molecule has 0 fully saturated rings. The van der Waals surface area contributed by atoms with E-state index >= 15 is 0 Å². The van der Waals surface area contributed by atoms with Gasteiger partial charge in [-0.3, -0.25) is 4.79 Å². The highest BCUT2D eigenvalue weighted by molar-refractivity contribution is 5.94. The van der Waals surface area contributed by atoms with Gasteiger partial charge in [-0.1, -0.05) is 30.3 Å². The highest BCUT2D eigenvalue weighted by Crippen LogP contribution is 2.17. The Hall–Kier alpha value is -2.20. The summed E-state index contributed by atoms with van der Waals surface area (Å²) in [7, 11) is 0. The lowest BCUT2D eigenvalue weighted by Crippen LogP contribution is -2.44. The third-order valence-corrected chi connectivity index (χ3v) is 3.31. The second-order valence-electron chi connectivity index (χ2n) is 4.61. The number of pyridine rings is 1. The largest absolute Gasteiger partial charge is 0.309 e. The number of nitrogens with one attached hydrogen (secondary N) is 2. The van der Waals surface area contributed by atoms with E-state index in [-0.39, 0.29) is 11.9 Å². The molecule has 0 radical (unpaired) electrons. The quantitative estimate of drug-likeness (QED) is 0.857. The van der Waals surface area contributed by atoms with Crippen LogP contribution in [0.2, 0.25) is 0 Å². The first-order chi connectivity index (χ1) is 9.33. The van der Waals surface area contributed by atoms with Crippen molar-refractivity contribution in [2.45, 2.75) is 19.0 Å². The van der Waals surface area contributed by atoms with Crippen molar-refractivity contribution in [1.29, 1.82) is 0 Å². The van der Waals surface area contributed by atoms with Gasteiger partial charge < -0.3 is 10.6 Å². The molecule has 2 heterocycles. The minimum absolute atomic E-state index is 0.0341. The second-order valence-corrected chi connectivity index (χ2v) is 4.61. The van der Waals surface area contributed by atoms with Gasteiger partial charge in [0, 0.05) is 12.7 Å². The molecular formula is C15H15N3O. The summed E-state index contributed by atoms with van der Waals surface area (Å²) in [5.74, 6) is 0.557. The highest BCUT2D eigenvalue weighted by atomic mass is 16.2. The van der Waals surface area contributed by atoms with E-state index < -0.39 is 0 Å². The van der Waals surface area contributed by atoms with E-state index in [2.05, 4.69) is 27.8 Å². The lowest BCUT2D eigenvalue weighted by Gasteiger charge is -2.25. The van der Waals surface area contributed by atoms with Crippen LogP contribution in [0, 0.1) is 0 Å². The zero-order chi connectivity index (χ0) is 13.1. The SMILES string of the molecule is O=C(Nc1ccccn1)[C@H]1Cc2ccccc2CN1. The molecule has 96 valence electrons. The number of rotatable bonds is 2. The summed E-state index contributed by atoms with van der Waals surface area (Å²) < 4.78 is 0. The number of benzene rings is 1. The first-order valence-electron chi connectivity index (χ1n) is 6.35. The summed E-state index contributed by atoms with van der Waals surface area (Å²) in [4.78, 5) is 16.3. The molecule has 0 aliphatic carbocycles. The summed E-state index contributed by atoms with van der Waals surface area (Å²) in [6, 6.07) is 13.5. The number of amides is 1. The maximum Gasteiger partial charge on any atom is 0.243 e. The standard InChI is InChI=1S/C15H15N3O/c19-15(18-14-7-3-4-8-16-14)13-9-11-5-1-2-6-12(11)10-17-13/h1-8,13,17H,9-10H2,(H,16,18,19)/t13-/m1/s1. The Morgan fingerprint density at radius 2 is 1.95 bits per heavy atom. The fourth-order valence-electron chi connectivity index (χ4n) is 2.29. The van der Waals surface area contributed by atoms with Crippen molar-refractivity contribution in [3.8, 4) is 0 Å². The van der Waals surface area contributed by atoms with Gasteiger partial charge in [0.25, 0.3) is 0 Å². The molecule has 19 heavy (non-hydrogen) atoms. The van der Waals surface area contributed by atoms with Gasteiger partial charge >= 0.3 is 0 Å². The summed E-state index contributed by atoms with van der Waals surface area (Å²) in [5.41, 5.74) is 2.51. The molecule has 0 spiro atoms. The van der Waals surface area contributed by atoms with Crippen molar-refractivity contribution in [3.63, 3.8) is 0 Å². The Morgan fingerprint density at radius 1 is 1.16 bits per heavy atom. The van der Waals surface area contributed by atoms with Crippen molar-refractivity contribution >= 4 is 11.7 Å². The first-order valence-corrected chi connectivity index (χ1v) is 6.35. The van der Waals surface area contributed by atoms with Crippen LogP contribution >= 0.6 is 0 Å². The minimum Gasteiger partial charge on any atom is -0.309 e. The Morgan fingerprint density at radius 3 is 2.74 bits per heavy atom. The number of fused-ring (bicyclic) bond motifs is 1. The first kappa shape index (κ1) is 11.9. The van der Waals surface area contributed by atoms with Crippen molar-refractivity contribution in [1.82, 2.24) is 10.3 Å². The average molecular weight is 253 g/mol. The summed E-state index contributed by atoms with van der Waals surface area (Å²) in [6.45, 7) is 0.733. The van der Waals surface area contributed by atoms with Crippen molar-refractivity contribution in [3.05, 3.63) is 59.8 Å². The molecule has 1 aliphatic rings. The van der Waals surface area contributed by atoms with Crippen LogP contribution in [0.5, 0.6) is 0 Å². The summed E-state index contributed by atoms with van der Waals surface area (Å²) >= 11 is 0. The van der Waals surface area contributed by atoms with E-state index in [0.717, 1.165) is 13.0 Å². The molecule has 0 bridgehead atoms. The Balaban J connectivity index is 1.70. The van der Waals surface area contributed by atoms with Gasteiger partial charge in [0.2, 0.25) is 5.91 Å². The topological polar surface area (TPSA) is 54.0 Å². The van der Waals surface area contributed by atoms with E-state index in [1.54, 1.807) is 12.3 Å². The molecule has 4 heteroatoms. The normalized spacial score (nSPS) is 17.6. The van der Waals surface area contributed by atoms with Crippen molar-refractivity contribution in [2.75, 3.05) is 5.32 Å². The molecule has 4 nitrogen and oxygen atoms in total. The molecule has 2 aromatic rings. The fraction of sp³-hybridized carbons (Fsp3) is 0.200. The molecule has 3 rings (SSSR count). The van der Waals surface area contributed by atoms with Gasteiger partial charge in [0.1, 0.15) is 5.82 Å². The summed E-state index contributed by atoms with van der Waals surface area (Å²) in [6.07, 6.45) is 2.38. The van der Waals surface area contributed by atoms with Gasteiger partial charge in [-0.25, -0.2) is 4.98 Å². The molecule has 1 aromatic carbocycles. The molecule has 1 aromatic heterocycles. The lowest BCUT2D eigenvalue weighted by molar-refractivity contribution is -0.118. The Labute approximate surface area is 111 Å². The van der Waals surface area contributed by atoms with E-state index in [1.165, 1.54) is 11.1 Å². The zero-order valence-electron chi connectivity index (χ0n) is 10.5. The van der Waals surface area contributed by atoms with Crippen LogP contribution in [0.4, 0.5) is 5.82 Å². The maximum atomic E-state index is 12.2. The summed E-state index contributed by atoms with van der Waals surface area (Å²) in [5, 5.41) is 6.09.